The van der Waals surface area contributed by atoms with Crippen molar-refractivity contribution in [1.82, 2.24) is 20.0 Å². The molecule has 0 radical (unpaired) electrons. The molecule has 1 saturated heterocycles. The van der Waals surface area contributed by atoms with Crippen LogP contribution in [0.4, 0.5) is 0 Å². The van der Waals surface area contributed by atoms with E-state index >= 15 is 0 Å². The van der Waals surface area contributed by atoms with Gasteiger partial charge in [-0.25, -0.2) is 0 Å². The average molecular weight is 342 g/mol. The van der Waals surface area contributed by atoms with Crippen LogP contribution in [0.5, 0.6) is 0 Å². The van der Waals surface area contributed by atoms with E-state index in [0.29, 0.717) is 6.54 Å². The third-order valence-corrected chi connectivity index (χ3v) is 4.52. The highest BCUT2D eigenvalue weighted by molar-refractivity contribution is 5.86. The van der Waals surface area contributed by atoms with Crippen molar-refractivity contribution in [3.8, 4) is 0 Å². The van der Waals surface area contributed by atoms with Crippen LogP contribution in [0.25, 0.3) is 0 Å². The molecule has 7 nitrogen and oxygen atoms in total. The molecule has 2 atom stereocenters. The lowest BCUT2D eigenvalue weighted by molar-refractivity contribution is -0.162. The molecule has 0 saturated carbocycles. The number of carbonyl (C=O) groups is 2. The van der Waals surface area contributed by atoms with Gasteiger partial charge < -0.3 is 15.0 Å². The zero-order valence-electron chi connectivity index (χ0n) is 14.6. The number of aromatic nitrogens is 2. The van der Waals surface area contributed by atoms with Crippen molar-refractivity contribution in [1.29, 1.82) is 0 Å². The van der Waals surface area contributed by atoms with E-state index in [1.165, 1.54) is 0 Å². The van der Waals surface area contributed by atoms with Crippen LogP contribution in [0.15, 0.2) is 36.7 Å². The fourth-order valence-corrected chi connectivity index (χ4v) is 3.01. The predicted molar refractivity (Wildman–Crippen MR) is 91.5 cm³/mol. The highest BCUT2D eigenvalue weighted by atomic mass is 16.5. The summed E-state index contributed by atoms with van der Waals surface area (Å²) >= 11 is 0. The standard InChI is InChI=1S/C18H22N4O3/c1-12-6-4-5-7-13(12)8-19-18(24)17-16(14-9-20-21(2)10-14)22(3)15(23)11-25-17/h4-7,9-10,16-17H,8,11H2,1-3H3,(H,19,24)/t16-,17-/m1/s1. The lowest BCUT2D eigenvalue weighted by Gasteiger charge is -2.37. The molecule has 1 aromatic carbocycles. The summed E-state index contributed by atoms with van der Waals surface area (Å²) in [7, 11) is 3.48. The number of ether oxygens (including phenoxy) is 1. The van der Waals surface area contributed by atoms with E-state index in [4.69, 9.17) is 4.74 Å². The summed E-state index contributed by atoms with van der Waals surface area (Å²) in [5, 5.41) is 7.06. The second-order valence-electron chi connectivity index (χ2n) is 6.27. The van der Waals surface area contributed by atoms with Gasteiger partial charge >= 0.3 is 0 Å². The summed E-state index contributed by atoms with van der Waals surface area (Å²) < 4.78 is 7.22. The largest absolute Gasteiger partial charge is 0.356 e. The lowest BCUT2D eigenvalue weighted by atomic mass is 10.0. The van der Waals surface area contributed by atoms with Crippen LogP contribution in [0, 0.1) is 6.92 Å². The van der Waals surface area contributed by atoms with Gasteiger partial charge in [-0.15, -0.1) is 0 Å². The zero-order valence-corrected chi connectivity index (χ0v) is 14.6. The van der Waals surface area contributed by atoms with Gasteiger partial charge in [0.05, 0.1) is 12.2 Å². The molecular weight excluding hydrogens is 320 g/mol. The predicted octanol–water partition coefficient (Wildman–Crippen LogP) is 0.943. The van der Waals surface area contributed by atoms with E-state index in [1.54, 1.807) is 36.1 Å². The minimum absolute atomic E-state index is 0.101. The van der Waals surface area contributed by atoms with Gasteiger partial charge in [-0.1, -0.05) is 24.3 Å². The van der Waals surface area contributed by atoms with Crippen LogP contribution >= 0.6 is 0 Å². The maximum atomic E-state index is 12.7. The van der Waals surface area contributed by atoms with E-state index in [2.05, 4.69) is 10.4 Å². The Morgan fingerprint density at radius 3 is 2.80 bits per heavy atom. The Labute approximate surface area is 146 Å². The number of aryl methyl sites for hydroxylation is 2. The van der Waals surface area contributed by atoms with Crippen molar-refractivity contribution in [3.05, 3.63) is 53.3 Å². The Kier molecular flexibility index (Phi) is 4.85. The molecule has 0 aliphatic carbocycles. The van der Waals surface area contributed by atoms with Crippen LogP contribution in [0.1, 0.15) is 22.7 Å². The zero-order chi connectivity index (χ0) is 18.0. The molecule has 7 heteroatoms. The number of nitrogens with zero attached hydrogens (tertiary/aromatic N) is 3. The van der Waals surface area contributed by atoms with Gasteiger partial charge in [-0.05, 0) is 18.1 Å². The summed E-state index contributed by atoms with van der Waals surface area (Å²) in [6.45, 7) is 2.32. The van der Waals surface area contributed by atoms with Crippen LogP contribution in [-0.4, -0.2) is 46.3 Å². The van der Waals surface area contributed by atoms with E-state index in [9.17, 15) is 9.59 Å². The number of rotatable bonds is 4. The molecule has 1 aliphatic heterocycles. The van der Waals surface area contributed by atoms with Crippen molar-refractivity contribution in [2.24, 2.45) is 7.05 Å². The molecule has 0 unspecified atom stereocenters. The number of likely N-dealkylation sites (N-methyl/N-ethyl adjacent to an activating group) is 1. The van der Waals surface area contributed by atoms with Crippen molar-refractivity contribution in [2.45, 2.75) is 25.6 Å². The molecule has 2 amide bonds. The SMILES string of the molecule is Cc1ccccc1CNC(=O)[C@@H]1OCC(=O)N(C)[C@@H]1c1cnn(C)c1. The molecule has 1 N–H and O–H groups in total. The van der Waals surface area contributed by atoms with Crippen molar-refractivity contribution < 1.29 is 14.3 Å². The molecule has 0 spiro atoms. The third-order valence-electron chi connectivity index (χ3n) is 4.52. The molecule has 0 bridgehead atoms. The average Bonchev–Trinajstić information content (AvgIpc) is 3.02. The first-order valence-electron chi connectivity index (χ1n) is 8.15. The summed E-state index contributed by atoms with van der Waals surface area (Å²) in [4.78, 5) is 26.3. The first kappa shape index (κ1) is 17.2. The van der Waals surface area contributed by atoms with Crippen LogP contribution in [0.3, 0.4) is 0 Å². The maximum Gasteiger partial charge on any atom is 0.251 e. The minimum atomic E-state index is -0.768. The highest BCUT2D eigenvalue weighted by Gasteiger charge is 2.40. The van der Waals surface area contributed by atoms with Crippen LogP contribution in [0.2, 0.25) is 0 Å². The fourth-order valence-electron chi connectivity index (χ4n) is 3.01. The fraction of sp³-hybridized carbons (Fsp3) is 0.389. The summed E-state index contributed by atoms with van der Waals surface area (Å²) in [5.41, 5.74) is 2.94. The number of benzene rings is 1. The summed E-state index contributed by atoms with van der Waals surface area (Å²) in [6.07, 6.45) is 2.69. The van der Waals surface area contributed by atoms with Crippen LogP contribution in [-0.2, 0) is 27.9 Å². The highest BCUT2D eigenvalue weighted by Crippen LogP contribution is 2.28. The van der Waals surface area contributed by atoms with Crippen molar-refractivity contribution in [2.75, 3.05) is 13.7 Å². The number of nitrogens with one attached hydrogen (secondary N) is 1. The van der Waals surface area contributed by atoms with Crippen molar-refractivity contribution >= 4 is 11.8 Å². The maximum absolute atomic E-state index is 12.7. The Hall–Kier alpha value is -2.67. The normalized spacial score (nSPS) is 20.6. The Bertz CT molecular complexity index is 786. The summed E-state index contributed by atoms with van der Waals surface area (Å²) in [5.74, 6) is -0.395. The number of carbonyl (C=O) groups excluding carboxylic acids is 2. The molecular formula is C18H22N4O3. The van der Waals surface area contributed by atoms with Gasteiger partial charge in [0.15, 0.2) is 6.10 Å². The topological polar surface area (TPSA) is 76.5 Å². The van der Waals surface area contributed by atoms with E-state index in [0.717, 1.165) is 16.7 Å². The summed E-state index contributed by atoms with van der Waals surface area (Å²) in [6, 6.07) is 7.39. The van der Waals surface area contributed by atoms with E-state index in [1.807, 2.05) is 31.2 Å². The molecule has 2 aromatic rings. The van der Waals surface area contributed by atoms with E-state index < -0.39 is 12.1 Å². The monoisotopic (exact) mass is 342 g/mol. The number of amides is 2. The third kappa shape index (κ3) is 3.56. The van der Waals surface area contributed by atoms with E-state index in [-0.39, 0.29) is 18.4 Å². The molecule has 132 valence electrons. The van der Waals surface area contributed by atoms with Gasteiger partial charge in [0.2, 0.25) is 5.91 Å². The van der Waals surface area contributed by atoms with Gasteiger partial charge in [0, 0.05) is 32.4 Å². The van der Waals surface area contributed by atoms with Crippen molar-refractivity contribution in [3.63, 3.8) is 0 Å². The van der Waals surface area contributed by atoms with Gasteiger partial charge in [0.1, 0.15) is 6.61 Å². The van der Waals surface area contributed by atoms with Gasteiger partial charge in [-0.3, -0.25) is 14.3 Å². The Morgan fingerprint density at radius 2 is 2.12 bits per heavy atom. The first-order valence-corrected chi connectivity index (χ1v) is 8.15. The number of hydrogen-bond donors (Lipinski definition) is 1. The second-order valence-corrected chi connectivity index (χ2v) is 6.27. The van der Waals surface area contributed by atoms with Gasteiger partial charge in [0.25, 0.3) is 5.91 Å². The lowest BCUT2D eigenvalue weighted by Crippen LogP contribution is -2.52. The molecule has 2 heterocycles. The first-order chi connectivity index (χ1) is 12.0. The molecule has 3 rings (SSSR count). The Balaban J connectivity index is 1.77. The molecule has 25 heavy (non-hydrogen) atoms. The smallest absolute Gasteiger partial charge is 0.251 e. The number of morpholine rings is 1. The van der Waals surface area contributed by atoms with Crippen LogP contribution < -0.4 is 5.32 Å². The molecule has 1 aliphatic rings. The number of hydrogen-bond acceptors (Lipinski definition) is 4. The Morgan fingerprint density at radius 1 is 1.36 bits per heavy atom. The molecule has 1 fully saturated rings. The van der Waals surface area contributed by atoms with Gasteiger partial charge in [-0.2, -0.15) is 5.10 Å². The second kappa shape index (κ2) is 7.06. The molecule has 1 aromatic heterocycles. The minimum Gasteiger partial charge on any atom is -0.356 e. The quantitative estimate of drug-likeness (QED) is 0.897.